The van der Waals surface area contributed by atoms with Crippen molar-refractivity contribution in [2.75, 3.05) is 6.54 Å². The highest BCUT2D eigenvalue weighted by molar-refractivity contribution is 6.30. The fourth-order valence-corrected chi connectivity index (χ4v) is 2.27. The van der Waals surface area contributed by atoms with E-state index in [9.17, 15) is 4.39 Å². The van der Waals surface area contributed by atoms with Gasteiger partial charge in [0.1, 0.15) is 5.82 Å². The van der Waals surface area contributed by atoms with Crippen LogP contribution in [0.15, 0.2) is 18.2 Å². The zero-order chi connectivity index (χ0) is 12.4. The number of hydrogen-bond donors (Lipinski definition) is 1. The van der Waals surface area contributed by atoms with Crippen LogP contribution < -0.4 is 5.32 Å². The summed E-state index contributed by atoms with van der Waals surface area (Å²) in [4.78, 5) is 0. The predicted octanol–water partition coefficient (Wildman–Crippen LogP) is 3.97. The van der Waals surface area contributed by atoms with Gasteiger partial charge in [-0.2, -0.15) is 0 Å². The highest BCUT2D eigenvalue weighted by Crippen LogP contribution is 2.30. The average Bonchev–Trinajstić information content (AvgIpc) is 3.07. The summed E-state index contributed by atoms with van der Waals surface area (Å²) >= 11 is 5.84. The van der Waals surface area contributed by atoms with Gasteiger partial charge in [-0.1, -0.05) is 37.6 Å². The predicted molar refractivity (Wildman–Crippen MR) is 70.0 cm³/mol. The molecule has 0 radical (unpaired) electrons. The topological polar surface area (TPSA) is 12.0 Å². The van der Waals surface area contributed by atoms with Crippen LogP contribution in [0.25, 0.3) is 0 Å². The van der Waals surface area contributed by atoms with E-state index in [0.29, 0.717) is 12.0 Å². The van der Waals surface area contributed by atoms with Gasteiger partial charge < -0.3 is 5.32 Å². The zero-order valence-corrected chi connectivity index (χ0v) is 11.1. The molecule has 1 aliphatic rings. The molecule has 1 nitrogen and oxygen atoms in total. The smallest absolute Gasteiger partial charge is 0.145 e. The summed E-state index contributed by atoms with van der Waals surface area (Å²) in [7, 11) is 0. The van der Waals surface area contributed by atoms with Crippen LogP contribution in [0.2, 0.25) is 5.02 Å². The van der Waals surface area contributed by atoms with Gasteiger partial charge in [-0.05, 0) is 30.4 Å². The summed E-state index contributed by atoms with van der Waals surface area (Å²) in [6, 6.07) is 5.93. The molecule has 0 aliphatic heterocycles. The van der Waals surface area contributed by atoms with Crippen molar-refractivity contribution in [3.8, 4) is 0 Å². The van der Waals surface area contributed by atoms with Crippen LogP contribution in [0.3, 0.4) is 0 Å². The van der Waals surface area contributed by atoms with Gasteiger partial charge in [-0.3, -0.25) is 0 Å². The fraction of sp³-hybridized carbons (Fsp3) is 0.571. The molecule has 1 aromatic carbocycles. The molecule has 2 rings (SSSR count). The van der Waals surface area contributed by atoms with Gasteiger partial charge in [0, 0.05) is 18.5 Å². The minimum absolute atomic E-state index is 0.189. The van der Waals surface area contributed by atoms with Crippen LogP contribution in [-0.4, -0.2) is 12.6 Å². The molecule has 1 unspecified atom stereocenters. The van der Waals surface area contributed by atoms with Crippen LogP contribution in [0.4, 0.5) is 4.39 Å². The lowest BCUT2D eigenvalue weighted by molar-refractivity contribution is 0.442. The van der Waals surface area contributed by atoms with E-state index in [0.717, 1.165) is 12.1 Å². The molecule has 1 aliphatic carbocycles. The molecule has 0 spiro atoms. The van der Waals surface area contributed by atoms with Crippen LogP contribution >= 0.6 is 11.6 Å². The van der Waals surface area contributed by atoms with E-state index in [1.54, 1.807) is 6.07 Å². The van der Waals surface area contributed by atoms with Gasteiger partial charge in [-0.25, -0.2) is 4.39 Å². The van der Waals surface area contributed by atoms with Crippen molar-refractivity contribution < 1.29 is 4.39 Å². The van der Waals surface area contributed by atoms with Crippen molar-refractivity contribution in [2.45, 2.75) is 38.6 Å². The Labute approximate surface area is 107 Å². The third-order valence-electron chi connectivity index (χ3n) is 3.39. The molecule has 1 atom stereocenters. The quantitative estimate of drug-likeness (QED) is 0.840. The van der Waals surface area contributed by atoms with Gasteiger partial charge >= 0.3 is 0 Å². The average molecular weight is 256 g/mol. The minimum Gasteiger partial charge on any atom is -0.313 e. The lowest BCUT2D eigenvalue weighted by Crippen LogP contribution is -2.27. The Morgan fingerprint density at radius 2 is 2.12 bits per heavy atom. The maximum Gasteiger partial charge on any atom is 0.145 e. The van der Waals surface area contributed by atoms with Gasteiger partial charge in [0.05, 0.1) is 5.02 Å². The molecular formula is C14H19ClFN. The van der Waals surface area contributed by atoms with Gasteiger partial charge in [0.25, 0.3) is 0 Å². The van der Waals surface area contributed by atoms with E-state index in [2.05, 4.69) is 19.2 Å². The number of halogens is 2. The molecule has 0 heterocycles. The van der Waals surface area contributed by atoms with E-state index < -0.39 is 0 Å². The molecule has 0 bridgehead atoms. The maximum atomic E-state index is 14.0. The van der Waals surface area contributed by atoms with Crippen molar-refractivity contribution in [3.63, 3.8) is 0 Å². The summed E-state index contributed by atoms with van der Waals surface area (Å²) < 4.78 is 14.0. The Morgan fingerprint density at radius 1 is 1.41 bits per heavy atom. The number of hydrogen-bond acceptors (Lipinski definition) is 1. The largest absolute Gasteiger partial charge is 0.313 e. The van der Waals surface area contributed by atoms with Crippen molar-refractivity contribution in [2.24, 2.45) is 5.92 Å². The Morgan fingerprint density at radius 3 is 2.71 bits per heavy atom. The van der Waals surface area contributed by atoms with E-state index >= 15 is 0 Å². The Bertz CT molecular complexity index is 388. The highest BCUT2D eigenvalue weighted by Gasteiger charge is 2.25. The van der Waals surface area contributed by atoms with E-state index in [-0.39, 0.29) is 16.8 Å². The second kappa shape index (κ2) is 5.36. The monoisotopic (exact) mass is 255 g/mol. The van der Waals surface area contributed by atoms with Crippen molar-refractivity contribution >= 4 is 11.6 Å². The molecule has 0 saturated heterocycles. The van der Waals surface area contributed by atoms with Crippen molar-refractivity contribution in [1.29, 1.82) is 0 Å². The first-order chi connectivity index (χ1) is 8.09. The van der Waals surface area contributed by atoms with E-state index in [1.807, 2.05) is 12.1 Å². The first kappa shape index (κ1) is 12.8. The zero-order valence-electron chi connectivity index (χ0n) is 10.3. The van der Waals surface area contributed by atoms with E-state index in [4.69, 9.17) is 11.6 Å². The standard InChI is InChI=1S/C14H19ClFN/c1-9(2)12(8-17-10-6-7-10)11-4-3-5-13(15)14(11)16/h3-5,9-10,12,17H,6-8H2,1-2H3. The number of benzene rings is 1. The molecule has 1 saturated carbocycles. The highest BCUT2D eigenvalue weighted by atomic mass is 35.5. The molecule has 94 valence electrons. The van der Waals surface area contributed by atoms with Crippen molar-refractivity contribution in [3.05, 3.63) is 34.6 Å². The summed E-state index contributed by atoms with van der Waals surface area (Å²) in [5, 5.41) is 3.70. The second-order valence-electron chi connectivity index (χ2n) is 5.18. The Kier molecular flexibility index (Phi) is 4.05. The molecule has 1 fully saturated rings. The van der Waals surface area contributed by atoms with Crippen LogP contribution in [0.1, 0.15) is 38.2 Å². The van der Waals surface area contributed by atoms with Crippen LogP contribution in [-0.2, 0) is 0 Å². The maximum absolute atomic E-state index is 14.0. The third kappa shape index (κ3) is 3.20. The molecule has 1 aromatic rings. The normalized spacial score (nSPS) is 17.5. The molecule has 0 aromatic heterocycles. The van der Waals surface area contributed by atoms with E-state index in [1.165, 1.54) is 12.8 Å². The minimum atomic E-state index is -0.259. The van der Waals surface area contributed by atoms with Crippen molar-refractivity contribution in [1.82, 2.24) is 5.32 Å². The fourth-order valence-electron chi connectivity index (χ4n) is 2.09. The molecule has 17 heavy (non-hydrogen) atoms. The van der Waals surface area contributed by atoms with Gasteiger partial charge in [0.2, 0.25) is 0 Å². The first-order valence-electron chi connectivity index (χ1n) is 6.27. The molecule has 1 N–H and O–H groups in total. The van der Waals surface area contributed by atoms with Gasteiger partial charge in [0.15, 0.2) is 0 Å². The Hall–Kier alpha value is -0.600. The van der Waals surface area contributed by atoms with Gasteiger partial charge in [-0.15, -0.1) is 0 Å². The molecule has 0 amide bonds. The lowest BCUT2D eigenvalue weighted by Gasteiger charge is -2.22. The third-order valence-corrected chi connectivity index (χ3v) is 3.68. The second-order valence-corrected chi connectivity index (χ2v) is 5.58. The van der Waals surface area contributed by atoms with Crippen LogP contribution in [0.5, 0.6) is 0 Å². The number of nitrogens with one attached hydrogen (secondary N) is 1. The molecular weight excluding hydrogens is 237 g/mol. The summed E-state index contributed by atoms with van der Waals surface area (Å²) in [5.41, 5.74) is 0.737. The molecule has 3 heteroatoms. The Balaban J connectivity index is 2.15. The number of rotatable bonds is 5. The summed E-state index contributed by atoms with van der Waals surface area (Å²) in [5.74, 6) is 0.328. The van der Waals surface area contributed by atoms with Crippen LogP contribution in [0, 0.1) is 11.7 Å². The lowest BCUT2D eigenvalue weighted by atomic mass is 9.88. The summed E-state index contributed by atoms with van der Waals surface area (Å²) in [6.07, 6.45) is 2.51. The summed E-state index contributed by atoms with van der Waals surface area (Å²) in [6.45, 7) is 5.08. The first-order valence-corrected chi connectivity index (χ1v) is 6.64. The SMILES string of the molecule is CC(C)C(CNC1CC1)c1cccc(Cl)c1F.